The smallest absolute Gasteiger partial charge is 0.251 e. The molecule has 0 bridgehead atoms. The van der Waals surface area contributed by atoms with Gasteiger partial charge in [0.2, 0.25) is 0 Å². The van der Waals surface area contributed by atoms with E-state index in [-0.39, 0.29) is 5.56 Å². The molecule has 0 atom stereocenters. The van der Waals surface area contributed by atoms with Crippen LogP contribution in [-0.2, 0) is 16.9 Å². The number of nitrogens with zero attached hydrogens (tertiary/aromatic N) is 1. The van der Waals surface area contributed by atoms with Crippen molar-refractivity contribution in [2.24, 2.45) is 5.92 Å². The van der Waals surface area contributed by atoms with Crippen LogP contribution in [0, 0.1) is 5.92 Å². The Morgan fingerprint density at radius 3 is 2.74 bits per heavy atom. The van der Waals surface area contributed by atoms with E-state index in [4.69, 9.17) is 4.74 Å². The summed E-state index contributed by atoms with van der Waals surface area (Å²) in [5.74, 6) is 1.14. The van der Waals surface area contributed by atoms with Crippen LogP contribution in [0.2, 0.25) is 0 Å². The van der Waals surface area contributed by atoms with Crippen LogP contribution in [0.3, 0.4) is 0 Å². The van der Waals surface area contributed by atoms with Gasteiger partial charge in [-0.15, -0.1) is 0 Å². The number of aromatic amines is 1. The fourth-order valence-corrected chi connectivity index (χ4v) is 1.80. The molecule has 1 rings (SSSR count). The van der Waals surface area contributed by atoms with Gasteiger partial charge in [0.15, 0.2) is 0 Å². The first-order chi connectivity index (χ1) is 8.85. The molecule has 19 heavy (non-hydrogen) atoms. The molecule has 0 aliphatic heterocycles. The van der Waals surface area contributed by atoms with E-state index in [0.29, 0.717) is 24.9 Å². The van der Waals surface area contributed by atoms with Crippen molar-refractivity contribution < 1.29 is 4.74 Å². The Morgan fingerprint density at radius 2 is 2.16 bits per heavy atom. The Hall–Kier alpha value is -1.20. The van der Waals surface area contributed by atoms with Crippen molar-refractivity contribution in [3.8, 4) is 0 Å². The monoisotopic (exact) mass is 267 g/mol. The Bertz CT molecular complexity index is 452. The molecule has 0 aliphatic carbocycles. The zero-order valence-electron chi connectivity index (χ0n) is 12.5. The summed E-state index contributed by atoms with van der Waals surface area (Å²) in [6, 6.07) is 1.53. The van der Waals surface area contributed by atoms with E-state index < -0.39 is 5.60 Å². The molecule has 0 aliphatic rings. The minimum Gasteiger partial charge on any atom is -0.368 e. The molecule has 1 heterocycles. The largest absolute Gasteiger partial charge is 0.368 e. The van der Waals surface area contributed by atoms with Gasteiger partial charge in [0.05, 0.1) is 5.69 Å². The van der Waals surface area contributed by atoms with Crippen LogP contribution >= 0.6 is 0 Å². The number of nitrogens with one attached hydrogen (secondary N) is 2. The number of ether oxygens (including phenoxy) is 1. The van der Waals surface area contributed by atoms with Crippen LogP contribution < -0.4 is 10.9 Å². The molecule has 1 aromatic heterocycles. The van der Waals surface area contributed by atoms with E-state index in [1.807, 2.05) is 20.8 Å². The second-order valence-corrected chi connectivity index (χ2v) is 5.55. The van der Waals surface area contributed by atoms with Crippen molar-refractivity contribution >= 4 is 0 Å². The predicted octanol–water partition coefficient (Wildman–Crippen LogP) is 1.79. The zero-order valence-corrected chi connectivity index (χ0v) is 12.5. The highest BCUT2D eigenvalue weighted by Crippen LogP contribution is 2.19. The van der Waals surface area contributed by atoms with Gasteiger partial charge in [-0.3, -0.25) is 4.79 Å². The van der Waals surface area contributed by atoms with Gasteiger partial charge < -0.3 is 15.0 Å². The highest BCUT2D eigenvalue weighted by atomic mass is 16.5. The minimum atomic E-state index is -0.581. The lowest BCUT2D eigenvalue weighted by Crippen LogP contribution is -2.29. The van der Waals surface area contributed by atoms with Gasteiger partial charge in [0, 0.05) is 19.2 Å². The second-order valence-electron chi connectivity index (χ2n) is 5.55. The van der Waals surface area contributed by atoms with E-state index in [2.05, 4.69) is 29.1 Å². The molecule has 0 spiro atoms. The standard InChI is InChI=1S/C14H25N3O2/c1-6-19-14(4,5)13-16-11(7-12(18)17-13)9-15-8-10(2)3/h7,10,15H,6,8-9H2,1-5H3,(H,16,17,18). The highest BCUT2D eigenvalue weighted by molar-refractivity contribution is 5.07. The summed E-state index contributed by atoms with van der Waals surface area (Å²) in [5.41, 5.74) is 0.0217. The molecule has 0 saturated carbocycles. The quantitative estimate of drug-likeness (QED) is 0.790. The van der Waals surface area contributed by atoms with Gasteiger partial charge in [-0.05, 0) is 33.2 Å². The molecule has 2 N–H and O–H groups in total. The Balaban J connectivity index is 2.85. The molecule has 0 unspecified atom stereocenters. The van der Waals surface area contributed by atoms with Crippen molar-refractivity contribution in [1.82, 2.24) is 15.3 Å². The van der Waals surface area contributed by atoms with Crippen molar-refractivity contribution in [1.29, 1.82) is 0 Å². The van der Waals surface area contributed by atoms with Crippen molar-refractivity contribution in [2.75, 3.05) is 13.2 Å². The average Bonchev–Trinajstić information content (AvgIpc) is 2.27. The number of hydrogen-bond acceptors (Lipinski definition) is 4. The third-order valence-corrected chi connectivity index (χ3v) is 2.73. The van der Waals surface area contributed by atoms with Gasteiger partial charge in [-0.2, -0.15) is 0 Å². The maximum Gasteiger partial charge on any atom is 0.251 e. The van der Waals surface area contributed by atoms with Gasteiger partial charge in [0.25, 0.3) is 5.56 Å². The summed E-state index contributed by atoms with van der Waals surface area (Å²) in [6.45, 7) is 12.1. The minimum absolute atomic E-state index is 0.140. The maximum absolute atomic E-state index is 11.7. The summed E-state index contributed by atoms with van der Waals surface area (Å²) >= 11 is 0. The molecule has 0 aromatic carbocycles. The summed E-state index contributed by atoms with van der Waals surface area (Å²) in [5, 5.41) is 3.28. The fourth-order valence-electron chi connectivity index (χ4n) is 1.80. The molecular formula is C14H25N3O2. The Labute approximate surface area is 114 Å². The van der Waals surface area contributed by atoms with Gasteiger partial charge in [0.1, 0.15) is 11.4 Å². The summed E-state index contributed by atoms with van der Waals surface area (Å²) in [4.78, 5) is 18.9. The lowest BCUT2D eigenvalue weighted by molar-refractivity contribution is -0.0211. The third-order valence-electron chi connectivity index (χ3n) is 2.73. The number of H-pyrrole nitrogens is 1. The summed E-state index contributed by atoms with van der Waals surface area (Å²) in [7, 11) is 0. The predicted molar refractivity (Wildman–Crippen MR) is 76.1 cm³/mol. The molecule has 1 aromatic rings. The lowest BCUT2D eigenvalue weighted by atomic mass is 10.1. The van der Waals surface area contributed by atoms with Crippen molar-refractivity contribution in [3.05, 3.63) is 27.9 Å². The normalized spacial score (nSPS) is 12.1. The van der Waals surface area contributed by atoms with Crippen LogP contribution in [0.15, 0.2) is 10.9 Å². The summed E-state index contributed by atoms with van der Waals surface area (Å²) < 4.78 is 5.62. The number of aromatic nitrogens is 2. The van der Waals surface area contributed by atoms with Gasteiger partial charge in [-0.25, -0.2) is 4.98 Å². The fraction of sp³-hybridized carbons (Fsp3) is 0.714. The average molecular weight is 267 g/mol. The topological polar surface area (TPSA) is 67.0 Å². The van der Waals surface area contributed by atoms with Crippen LogP contribution in [0.5, 0.6) is 0 Å². The molecule has 0 fully saturated rings. The molecule has 5 nitrogen and oxygen atoms in total. The van der Waals surface area contributed by atoms with E-state index >= 15 is 0 Å². The van der Waals surface area contributed by atoms with E-state index in [1.54, 1.807) is 0 Å². The molecule has 5 heteroatoms. The highest BCUT2D eigenvalue weighted by Gasteiger charge is 2.24. The first-order valence-electron chi connectivity index (χ1n) is 6.80. The molecule has 108 valence electrons. The zero-order chi connectivity index (χ0) is 14.5. The van der Waals surface area contributed by atoms with Crippen LogP contribution in [-0.4, -0.2) is 23.1 Å². The molecular weight excluding hydrogens is 242 g/mol. The molecule has 0 radical (unpaired) electrons. The third kappa shape index (κ3) is 5.12. The SMILES string of the molecule is CCOC(C)(C)c1nc(CNCC(C)C)cc(=O)[nH]1. The number of rotatable bonds is 7. The maximum atomic E-state index is 11.7. The van der Waals surface area contributed by atoms with Gasteiger partial charge >= 0.3 is 0 Å². The van der Waals surface area contributed by atoms with E-state index in [0.717, 1.165) is 12.2 Å². The van der Waals surface area contributed by atoms with Crippen LogP contribution in [0.1, 0.15) is 46.1 Å². The Kier molecular flexibility index (Phi) is 5.69. The first kappa shape index (κ1) is 15.9. The first-order valence-corrected chi connectivity index (χ1v) is 6.80. The molecule has 0 amide bonds. The second kappa shape index (κ2) is 6.82. The Morgan fingerprint density at radius 1 is 1.47 bits per heavy atom. The number of hydrogen-bond donors (Lipinski definition) is 2. The summed E-state index contributed by atoms with van der Waals surface area (Å²) in [6.07, 6.45) is 0. The van der Waals surface area contributed by atoms with Gasteiger partial charge in [-0.1, -0.05) is 13.8 Å². The van der Waals surface area contributed by atoms with Crippen LogP contribution in [0.25, 0.3) is 0 Å². The van der Waals surface area contributed by atoms with Crippen LogP contribution in [0.4, 0.5) is 0 Å². The van der Waals surface area contributed by atoms with E-state index in [1.165, 1.54) is 6.07 Å². The van der Waals surface area contributed by atoms with Crippen molar-refractivity contribution in [2.45, 2.75) is 46.8 Å². The molecule has 0 saturated heterocycles. The lowest BCUT2D eigenvalue weighted by Gasteiger charge is -2.23. The van der Waals surface area contributed by atoms with E-state index in [9.17, 15) is 4.79 Å². The van der Waals surface area contributed by atoms with Crippen molar-refractivity contribution in [3.63, 3.8) is 0 Å².